The Morgan fingerprint density at radius 2 is 2.21 bits per heavy atom. The average molecular weight is 259 g/mol. The van der Waals surface area contributed by atoms with E-state index in [1.807, 2.05) is 12.1 Å². The fourth-order valence-electron chi connectivity index (χ4n) is 2.50. The fraction of sp³-hybridized carbons (Fsp3) is 0.500. The van der Waals surface area contributed by atoms with Crippen LogP contribution in [0.4, 0.5) is 0 Å². The van der Waals surface area contributed by atoms with Gasteiger partial charge in [0.25, 0.3) is 0 Å². The topological polar surface area (TPSA) is 62.3 Å². The van der Waals surface area contributed by atoms with Gasteiger partial charge in [0, 0.05) is 18.9 Å². The maximum Gasteiger partial charge on any atom is 0.246 e. The minimum Gasteiger partial charge on any atom is -0.342 e. The van der Waals surface area contributed by atoms with Crippen molar-refractivity contribution in [3.05, 3.63) is 30.1 Å². The molecule has 1 aliphatic heterocycles. The number of nitrogens with one attached hydrogen (secondary N) is 1. The monoisotopic (exact) mass is 259 g/mol. The lowest BCUT2D eigenvalue weighted by molar-refractivity contribution is -0.149. The number of hydrogen-bond acceptors (Lipinski definition) is 3. The zero-order valence-electron chi connectivity index (χ0n) is 10.9. The summed E-state index contributed by atoms with van der Waals surface area (Å²) in [6.45, 7) is 2.22. The van der Waals surface area contributed by atoms with Gasteiger partial charge in [-0.25, -0.2) is 0 Å². The first-order chi connectivity index (χ1) is 9.16. The highest BCUT2D eigenvalue weighted by molar-refractivity contribution is 5.97. The first-order valence-electron chi connectivity index (χ1n) is 6.66. The van der Waals surface area contributed by atoms with Crippen LogP contribution in [0, 0.1) is 5.92 Å². The SMILES string of the molecule is CC1C(=O)NC(C2CC2)C(=O)N1Cc1cccnc1. The number of hydrogen-bond donors (Lipinski definition) is 1. The Balaban J connectivity index is 1.80. The Labute approximate surface area is 112 Å². The Hall–Kier alpha value is -1.91. The molecule has 0 aromatic carbocycles. The molecule has 2 atom stereocenters. The number of nitrogens with zero attached hydrogens (tertiary/aromatic N) is 2. The van der Waals surface area contributed by atoms with Crippen molar-refractivity contribution in [1.82, 2.24) is 15.2 Å². The van der Waals surface area contributed by atoms with E-state index in [1.165, 1.54) is 0 Å². The van der Waals surface area contributed by atoms with Crippen LogP contribution < -0.4 is 5.32 Å². The average Bonchev–Trinajstić information content (AvgIpc) is 3.24. The number of pyridine rings is 1. The Morgan fingerprint density at radius 1 is 1.42 bits per heavy atom. The van der Waals surface area contributed by atoms with Crippen molar-refractivity contribution in [2.24, 2.45) is 5.92 Å². The quantitative estimate of drug-likeness (QED) is 0.869. The van der Waals surface area contributed by atoms with Crippen molar-refractivity contribution >= 4 is 11.8 Å². The van der Waals surface area contributed by atoms with Crippen molar-refractivity contribution in [3.8, 4) is 0 Å². The van der Waals surface area contributed by atoms with E-state index in [4.69, 9.17) is 0 Å². The summed E-state index contributed by atoms with van der Waals surface area (Å²) in [6.07, 6.45) is 5.50. The molecule has 0 spiro atoms. The van der Waals surface area contributed by atoms with Gasteiger partial charge in [-0.05, 0) is 37.3 Å². The molecule has 1 saturated heterocycles. The van der Waals surface area contributed by atoms with E-state index in [0.29, 0.717) is 12.5 Å². The zero-order valence-corrected chi connectivity index (χ0v) is 10.9. The molecule has 2 unspecified atom stereocenters. The van der Waals surface area contributed by atoms with Crippen molar-refractivity contribution in [3.63, 3.8) is 0 Å². The summed E-state index contributed by atoms with van der Waals surface area (Å²) in [4.78, 5) is 30.1. The fourth-order valence-corrected chi connectivity index (χ4v) is 2.50. The standard InChI is InChI=1S/C14H17N3O2/c1-9-13(18)16-12(11-4-5-11)14(19)17(9)8-10-3-2-6-15-7-10/h2-3,6-7,9,11-12H,4-5,8H2,1H3,(H,16,18). The predicted molar refractivity (Wildman–Crippen MR) is 68.9 cm³/mol. The molecular weight excluding hydrogens is 242 g/mol. The third-order valence-corrected chi connectivity index (χ3v) is 3.86. The number of rotatable bonds is 3. The molecule has 2 heterocycles. The zero-order chi connectivity index (χ0) is 13.4. The minimum absolute atomic E-state index is 0.0402. The molecule has 1 aromatic rings. The van der Waals surface area contributed by atoms with Crippen molar-refractivity contribution in [2.45, 2.75) is 38.4 Å². The van der Waals surface area contributed by atoms with Gasteiger partial charge < -0.3 is 10.2 Å². The summed E-state index contributed by atoms with van der Waals surface area (Å²) in [5.41, 5.74) is 0.951. The van der Waals surface area contributed by atoms with Gasteiger partial charge in [-0.3, -0.25) is 14.6 Å². The first-order valence-corrected chi connectivity index (χ1v) is 6.66. The van der Waals surface area contributed by atoms with Crippen molar-refractivity contribution < 1.29 is 9.59 Å². The van der Waals surface area contributed by atoms with E-state index in [-0.39, 0.29) is 17.9 Å². The second-order valence-electron chi connectivity index (χ2n) is 5.33. The Morgan fingerprint density at radius 3 is 2.84 bits per heavy atom. The van der Waals surface area contributed by atoms with Crippen LogP contribution in [-0.2, 0) is 16.1 Å². The van der Waals surface area contributed by atoms with Crippen LogP contribution in [0.5, 0.6) is 0 Å². The normalized spacial score (nSPS) is 27.3. The maximum absolute atomic E-state index is 12.5. The predicted octanol–water partition coefficient (Wildman–Crippen LogP) is 0.707. The van der Waals surface area contributed by atoms with E-state index >= 15 is 0 Å². The van der Waals surface area contributed by atoms with Gasteiger partial charge in [0.05, 0.1) is 0 Å². The highest BCUT2D eigenvalue weighted by Crippen LogP contribution is 2.35. The molecule has 100 valence electrons. The maximum atomic E-state index is 12.5. The van der Waals surface area contributed by atoms with E-state index in [2.05, 4.69) is 10.3 Å². The molecule has 2 aliphatic rings. The number of aromatic nitrogens is 1. The molecule has 0 bridgehead atoms. The summed E-state index contributed by atoms with van der Waals surface area (Å²) in [5, 5.41) is 2.85. The molecule has 2 amide bonds. The molecule has 1 aliphatic carbocycles. The summed E-state index contributed by atoms with van der Waals surface area (Å²) in [5.74, 6) is 0.319. The van der Waals surface area contributed by atoms with Crippen LogP contribution in [0.25, 0.3) is 0 Å². The molecule has 5 nitrogen and oxygen atoms in total. The van der Waals surface area contributed by atoms with Gasteiger partial charge in [-0.15, -0.1) is 0 Å². The lowest BCUT2D eigenvalue weighted by atomic mass is 10.0. The van der Waals surface area contributed by atoms with E-state index < -0.39 is 6.04 Å². The Kier molecular flexibility index (Phi) is 2.97. The minimum atomic E-state index is -0.414. The van der Waals surface area contributed by atoms with Gasteiger partial charge in [0.1, 0.15) is 12.1 Å². The lowest BCUT2D eigenvalue weighted by Crippen LogP contribution is -2.62. The van der Waals surface area contributed by atoms with Gasteiger partial charge in [-0.2, -0.15) is 0 Å². The summed E-state index contributed by atoms with van der Waals surface area (Å²) >= 11 is 0. The molecule has 2 fully saturated rings. The van der Waals surface area contributed by atoms with Gasteiger partial charge >= 0.3 is 0 Å². The van der Waals surface area contributed by atoms with Crippen LogP contribution in [0.2, 0.25) is 0 Å². The second-order valence-corrected chi connectivity index (χ2v) is 5.33. The molecule has 1 aromatic heterocycles. The molecule has 5 heteroatoms. The summed E-state index contributed by atoms with van der Waals surface area (Å²) in [6, 6.07) is 3.03. The third kappa shape index (κ3) is 2.32. The molecule has 1 saturated carbocycles. The van der Waals surface area contributed by atoms with Crippen LogP contribution in [-0.4, -0.2) is 33.8 Å². The van der Waals surface area contributed by atoms with Crippen LogP contribution in [0.3, 0.4) is 0 Å². The number of amides is 2. The second kappa shape index (κ2) is 4.64. The van der Waals surface area contributed by atoms with E-state index in [1.54, 1.807) is 24.2 Å². The summed E-state index contributed by atoms with van der Waals surface area (Å²) in [7, 11) is 0. The van der Waals surface area contributed by atoms with E-state index in [0.717, 1.165) is 18.4 Å². The first kappa shape index (κ1) is 12.1. The van der Waals surface area contributed by atoms with Crippen LogP contribution in [0.1, 0.15) is 25.3 Å². The number of carbonyl (C=O) groups is 2. The van der Waals surface area contributed by atoms with Crippen molar-refractivity contribution in [2.75, 3.05) is 0 Å². The van der Waals surface area contributed by atoms with Gasteiger partial charge in [0.2, 0.25) is 11.8 Å². The molecule has 19 heavy (non-hydrogen) atoms. The lowest BCUT2D eigenvalue weighted by Gasteiger charge is -2.37. The third-order valence-electron chi connectivity index (χ3n) is 3.86. The molecule has 3 rings (SSSR count). The molecule has 0 radical (unpaired) electrons. The highest BCUT2D eigenvalue weighted by atomic mass is 16.2. The van der Waals surface area contributed by atoms with Crippen LogP contribution >= 0.6 is 0 Å². The molecular formula is C14H17N3O2. The van der Waals surface area contributed by atoms with Crippen LogP contribution in [0.15, 0.2) is 24.5 Å². The Bertz CT molecular complexity index is 499. The number of carbonyl (C=O) groups excluding carboxylic acids is 2. The van der Waals surface area contributed by atoms with Gasteiger partial charge in [0.15, 0.2) is 0 Å². The van der Waals surface area contributed by atoms with E-state index in [9.17, 15) is 9.59 Å². The molecule has 1 N–H and O–H groups in total. The smallest absolute Gasteiger partial charge is 0.246 e. The number of piperazine rings is 1. The largest absolute Gasteiger partial charge is 0.342 e. The van der Waals surface area contributed by atoms with Crippen molar-refractivity contribution in [1.29, 1.82) is 0 Å². The highest BCUT2D eigenvalue weighted by Gasteiger charge is 2.45. The van der Waals surface area contributed by atoms with Gasteiger partial charge in [-0.1, -0.05) is 6.07 Å². The summed E-state index contributed by atoms with van der Waals surface area (Å²) < 4.78 is 0.